The van der Waals surface area contributed by atoms with Crippen LogP contribution in [0.4, 0.5) is 0 Å². The lowest BCUT2D eigenvalue weighted by Crippen LogP contribution is -2.01. The fourth-order valence-corrected chi connectivity index (χ4v) is 3.01. The van der Waals surface area contributed by atoms with Gasteiger partial charge in [-0.25, -0.2) is 4.98 Å². The second-order valence-electron chi connectivity index (χ2n) is 4.41. The predicted molar refractivity (Wildman–Crippen MR) is 86.7 cm³/mol. The largest absolute Gasteiger partial charge is 0.279 e. The molecule has 0 unspecified atom stereocenters. The summed E-state index contributed by atoms with van der Waals surface area (Å²) in [5.41, 5.74) is 6.28. The third kappa shape index (κ3) is 2.70. The number of rotatable bonds is 3. The summed E-state index contributed by atoms with van der Waals surface area (Å²) in [5, 5.41) is 5.12. The minimum Gasteiger partial charge on any atom is -0.279 e. The Kier molecular flexibility index (Phi) is 3.74. The zero-order valence-corrected chi connectivity index (χ0v) is 12.0. The summed E-state index contributed by atoms with van der Waals surface area (Å²) in [6, 6.07) is 8.25. The molecule has 0 spiro atoms. The fraction of sp³-hybridized carbons (Fsp3) is 0.125. The van der Waals surface area contributed by atoms with Crippen LogP contribution in [0.5, 0.6) is 0 Å². The number of hydrogen-bond acceptors (Lipinski definition) is 4. The van der Waals surface area contributed by atoms with Crippen molar-refractivity contribution >= 4 is 33.3 Å². The molecule has 1 N–H and O–H groups in total. The minimum atomic E-state index is 0.886. The first-order valence-electron chi connectivity index (χ1n) is 6.54. The van der Waals surface area contributed by atoms with Gasteiger partial charge in [-0.05, 0) is 43.2 Å². The van der Waals surface area contributed by atoms with Gasteiger partial charge in [-0.1, -0.05) is 24.3 Å². The van der Waals surface area contributed by atoms with Crippen molar-refractivity contribution in [3.05, 3.63) is 59.3 Å². The van der Waals surface area contributed by atoms with Crippen LogP contribution in [0.3, 0.4) is 0 Å². The number of hydrogen-bond donors (Lipinski definition) is 1. The fourth-order valence-electron chi connectivity index (χ4n) is 2.01. The number of para-hydroxylation sites is 1. The van der Waals surface area contributed by atoms with Crippen LogP contribution >= 0.6 is 11.3 Å². The van der Waals surface area contributed by atoms with Crippen molar-refractivity contribution in [1.82, 2.24) is 10.4 Å². The van der Waals surface area contributed by atoms with E-state index in [1.54, 1.807) is 17.6 Å². The number of nitrogens with zero attached hydrogens (tertiary/aromatic N) is 2. The second-order valence-corrected chi connectivity index (χ2v) is 5.44. The Morgan fingerprint density at radius 3 is 3.05 bits per heavy atom. The molecular formula is C16H15N3S. The molecule has 1 aromatic carbocycles. The SMILES string of the molecule is C/C=N\NC1=CC=C(c2nc3ccccc3s2)CC=C1. The van der Waals surface area contributed by atoms with Gasteiger partial charge in [0.1, 0.15) is 5.01 Å². The molecule has 0 amide bonds. The summed E-state index contributed by atoms with van der Waals surface area (Å²) < 4.78 is 1.23. The van der Waals surface area contributed by atoms with Crippen molar-refractivity contribution in [2.24, 2.45) is 5.10 Å². The van der Waals surface area contributed by atoms with E-state index in [1.165, 1.54) is 10.3 Å². The van der Waals surface area contributed by atoms with Gasteiger partial charge in [0.15, 0.2) is 0 Å². The molecule has 20 heavy (non-hydrogen) atoms. The van der Waals surface area contributed by atoms with Gasteiger partial charge in [-0.2, -0.15) is 5.10 Å². The van der Waals surface area contributed by atoms with Gasteiger partial charge in [-0.15, -0.1) is 11.3 Å². The maximum Gasteiger partial charge on any atom is 0.120 e. The van der Waals surface area contributed by atoms with Crippen LogP contribution in [-0.4, -0.2) is 11.2 Å². The molecule has 0 atom stereocenters. The van der Waals surface area contributed by atoms with Gasteiger partial charge in [0.2, 0.25) is 0 Å². The number of allylic oxidation sites excluding steroid dienone is 5. The van der Waals surface area contributed by atoms with E-state index in [-0.39, 0.29) is 0 Å². The summed E-state index contributed by atoms with van der Waals surface area (Å²) in [5.74, 6) is 0. The monoisotopic (exact) mass is 281 g/mol. The van der Waals surface area contributed by atoms with Crippen LogP contribution in [0.15, 0.2) is 59.4 Å². The molecule has 0 fully saturated rings. The van der Waals surface area contributed by atoms with E-state index in [0.29, 0.717) is 0 Å². The highest BCUT2D eigenvalue weighted by molar-refractivity contribution is 7.19. The summed E-state index contributed by atoms with van der Waals surface area (Å²) in [4.78, 5) is 4.70. The molecule has 2 aromatic rings. The molecule has 0 saturated heterocycles. The Bertz CT molecular complexity index is 702. The lowest BCUT2D eigenvalue weighted by molar-refractivity contribution is 0.923. The first-order chi connectivity index (χ1) is 9.86. The molecule has 1 aromatic heterocycles. The Morgan fingerprint density at radius 1 is 1.30 bits per heavy atom. The van der Waals surface area contributed by atoms with Gasteiger partial charge >= 0.3 is 0 Å². The van der Waals surface area contributed by atoms with Gasteiger partial charge in [0.25, 0.3) is 0 Å². The number of hydrazone groups is 1. The second kappa shape index (κ2) is 5.84. The third-order valence-corrected chi connectivity index (χ3v) is 4.10. The molecule has 4 heteroatoms. The molecule has 1 aliphatic carbocycles. The number of nitrogens with one attached hydrogen (secondary N) is 1. The molecule has 1 heterocycles. The Balaban J connectivity index is 1.92. The molecule has 0 aliphatic heterocycles. The average Bonchev–Trinajstić information content (AvgIpc) is 2.76. The third-order valence-electron chi connectivity index (χ3n) is 2.99. The van der Waals surface area contributed by atoms with Crippen LogP contribution < -0.4 is 5.43 Å². The maximum atomic E-state index is 4.70. The lowest BCUT2D eigenvalue weighted by atomic mass is 10.2. The van der Waals surface area contributed by atoms with E-state index in [9.17, 15) is 0 Å². The van der Waals surface area contributed by atoms with Crippen molar-refractivity contribution in [2.45, 2.75) is 13.3 Å². The van der Waals surface area contributed by atoms with Crippen molar-refractivity contribution in [2.75, 3.05) is 0 Å². The van der Waals surface area contributed by atoms with Crippen LogP contribution in [-0.2, 0) is 0 Å². The van der Waals surface area contributed by atoms with Crippen LogP contribution in [0.25, 0.3) is 15.8 Å². The maximum absolute atomic E-state index is 4.70. The van der Waals surface area contributed by atoms with Gasteiger partial charge < -0.3 is 0 Å². The normalized spacial score (nSPS) is 15.2. The summed E-state index contributed by atoms with van der Waals surface area (Å²) in [6.07, 6.45) is 11.0. The minimum absolute atomic E-state index is 0.886. The zero-order chi connectivity index (χ0) is 13.8. The first kappa shape index (κ1) is 12.8. The van der Waals surface area contributed by atoms with Crippen LogP contribution in [0, 0.1) is 0 Å². The number of thiazole rings is 1. The van der Waals surface area contributed by atoms with E-state index in [4.69, 9.17) is 4.98 Å². The first-order valence-corrected chi connectivity index (χ1v) is 7.35. The molecule has 0 radical (unpaired) electrons. The summed E-state index contributed by atoms with van der Waals surface area (Å²) in [6.45, 7) is 1.89. The van der Waals surface area contributed by atoms with Crippen LogP contribution in [0.2, 0.25) is 0 Å². The van der Waals surface area contributed by atoms with Crippen molar-refractivity contribution in [1.29, 1.82) is 0 Å². The highest BCUT2D eigenvalue weighted by Crippen LogP contribution is 2.29. The number of fused-ring (bicyclic) bond motifs is 1. The molecule has 3 nitrogen and oxygen atoms in total. The zero-order valence-electron chi connectivity index (χ0n) is 11.2. The molecular weight excluding hydrogens is 266 g/mol. The van der Waals surface area contributed by atoms with Crippen LogP contribution in [0.1, 0.15) is 18.4 Å². The predicted octanol–water partition coefficient (Wildman–Crippen LogP) is 4.12. The van der Waals surface area contributed by atoms with E-state index in [1.807, 2.05) is 25.1 Å². The van der Waals surface area contributed by atoms with Gasteiger partial charge in [0, 0.05) is 6.21 Å². The van der Waals surface area contributed by atoms with Gasteiger partial charge in [0.05, 0.1) is 15.9 Å². The number of aromatic nitrogens is 1. The van der Waals surface area contributed by atoms with Crippen molar-refractivity contribution in [3.63, 3.8) is 0 Å². The van der Waals surface area contributed by atoms with E-state index in [0.717, 1.165) is 22.6 Å². The lowest BCUT2D eigenvalue weighted by Gasteiger charge is -1.96. The Labute approximate surface area is 122 Å². The molecule has 1 aliphatic rings. The molecule has 0 bridgehead atoms. The van der Waals surface area contributed by atoms with Gasteiger partial charge in [-0.3, -0.25) is 5.43 Å². The highest BCUT2D eigenvalue weighted by Gasteiger charge is 2.08. The molecule has 3 rings (SSSR count). The number of benzene rings is 1. The smallest absolute Gasteiger partial charge is 0.120 e. The average molecular weight is 281 g/mol. The van der Waals surface area contributed by atoms with E-state index >= 15 is 0 Å². The molecule has 0 saturated carbocycles. The Hall–Kier alpha value is -2.20. The van der Waals surface area contributed by atoms with Crippen molar-refractivity contribution in [3.8, 4) is 0 Å². The Morgan fingerprint density at radius 2 is 2.20 bits per heavy atom. The van der Waals surface area contributed by atoms with E-state index in [2.05, 4.69) is 40.9 Å². The standard InChI is InChI=1S/C16H15N3S/c1-2-17-19-13-7-5-6-12(10-11-13)16-18-14-8-3-4-9-15(14)20-16/h2-5,7-11,19H,6H2,1H3/b17-2-. The summed E-state index contributed by atoms with van der Waals surface area (Å²) >= 11 is 1.74. The van der Waals surface area contributed by atoms with Crippen molar-refractivity contribution < 1.29 is 0 Å². The quantitative estimate of drug-likeness (QED) is 0.679. The topological polar surface area (TPSA) is 37.3 Å². The summed E-state index contributed by atoms with van der Waals surface area (Å²) in [7, 11) is 0. The van der Waals surface area contributed by atoms with E-state index < -0.39 is 0 Å². The molecule has 100 valence electrons. The highest BCUT2D eigenvalue weighted by atomic mass is 32.1.